The van der Waals surface area contributed by atoms with E-state index in [4.69, 9.17) is 5.73 Å². The van der Waals surface area contributed by atoms with Gasteiger partial charge < -0.3 is 5.73 Å². The highest BCUT2D eigenvalue weighted by atomic mass is 79.9. The molecule has 1 aromatic heterocycles. The van der Waals surface area contributed by atoms with Crippen molar-refractivity contribution in [3.8, 4) is 0 Å². The van der Waals surface area contributed by atoms with Crippen molar-refractivity contribution >= 4 is 38.2 Å². The quantitative estimate of drug-likeness (QED) is 0.575. The van der Waals surface area contributed by atoms with Crippen molar-refractivity contribution in [2.24, 2.45) is 0 Å². The Balaban J connectivity index is 2.20. The van der Waals surface area contributed by atoms with Crippen LogP contribution in [0.15, 0.2) is 59.3 Å². The summed E-state index contributed by atoms with van der Waals surface area (Å²) in [5, 5.41) is 1.83. The number of nitrogens with zero attached hydrogens (tertiary/aromatic N) is 1. The third kappa shape index (κ3) is 2.18. The molecule has 0 unspecified atom stereocenters. The Hall–Kier alpha value is -2.20. The Morgan fingerprint density at radius 1 is 1.10 bits per heavy atom. The monoisotopic (exact) mass is 326 g/mol. The summed E-state index contributed by atoms with van der Waals surface area (Å²) in [5.74, 6) is -0.0669. The van der Waals surface area contributed by atoms with Gasteiger partial charge in [-0.2, -0.15) is 0 Å². The second kappa shape index (κ2) is 5.06. The number of hydrogen-bond donors (Lipinski definition) is 1. The van der Waals surface area contributed by atoms with Gasteiger partial charge in [0.2, 0.25) is 0 Å². The molecular formula is C16H11BrN2O. The largest absolute Gasteiger partial charge is 0.399 e. The molecule has 2 aromatic carbocycles. The van der Waals surface area contributed by atoms with E-state index in [1.54, 1.807) is 30.6 Å². The van der Waals surface area contributed by atoms with Crippen LogP contribution >= 0.6 is 15.9 Å². The summed E-state index contributed by atoms with van der Waals surface area (Å²) in [6, 6.07) is 12.7. The highest BCUT2D eigenvalue weighted by molar-refractivity contribution is 9.10. The predicted octanol–water partition coefficient (Wildman–Crippen LogP) is 3.81. The molecule has 0 radical (unpaired) electrons. The molecule has 4 heteroatoms. The van der Waals surface area contributed by atoms with Crippen LogP contribution in [0.5, 0.6) is 0 Å². The molecule has 1 heterocycles. The van der Waals surface area contributed by atoms with Crippen molar-refractivity contribution in [3.63, 3.8) is 0 Å². The average molecular weight is 327 g/mol. The van der Waals surface area contributed by atoms with Crippen LogP contribution in [0.2, 0.25) is 0 Å². The van der Waals surface area contributed by atoms with Crippen LogP contribution in [-0.4, -0.2) is 10.8 Å². The highest BCUT2D eigenvalue weighted by Gasteiger charge is 2.15. The van der Waals surface area contributed by atoms with Gasteiger partial charge in [-0.05, 0) is 29.7 Å². The second-order valence-corrected chi connectivity index (χ2v) is 5.33. The molecular weight excluding hydrogens is 316 g/mol. The fraction of sp³-hybridized carbons (Fsp3) is 0. The fourth-order valence-electron chi connectivity index (χ4n) is 2.17. The molecule has 2 N–H and O–H groups in total. The van der Waals surface area contributed by atoms with E-state index in [9.17, 15) is 4.79 Å². The summed E-state index contributed by atoms with van der Waals surface area (Å²) in [6.45, 7) is 0. The predicted molar refractivity (Wildman–Crippen MR) is 83.7 cm³/mol. The number of hydrogen-bond acceptors (Lipinski definition) is 3. The molecule has 0 aliphatic heterocycles. The van der Waals surface area contributed by atoms with Crippen LogP contribution in [-0.2, 0) is 0 Å². The maximum Gasteiger partial charge on any atom is 0.194 e. The Labute approximate surface area is 124 Å². The third-order valence-electron chi connectivity index (χ3n) is 3.16. The minimum absolute atomic E-state index is 0.0669. The lowest BCUT2D eigenvalue weighted by molar-refractivity contribution is 0.103. The molecule has 3 rings (SSSR count). The van der Waals surface area contributed by atoms with Crippen molar-refractivity contribution < 1.29 is 4.79 Å². The first-order valence-corrected chi connectivity index (χ1v) is 6.88. The lowest BCUT2D eigenvalue weighted by Gasteiger charge is -2.08. The minimum atomic E-state index is -0.0669. The summed E-state index contributed by atoms with van der Waals surface area (Å²) >= 11 is 3.40. The molecule has 0 bridgehead atoms. The molecule has 0 aliphatic rings. The van der Waals surface area contributed by atoms with Crippen LogP contribution in [0.3, 0.4) is 0 Å². The molecule has 0 amide bonds. The van der Waals surface area contributed by atoms with Crippen molar-refractivity contribution in [1.82, 2.24) is 4.98 Å². The summed E-state index contributed by atoms with van der Waals surface area (Å²) in [5.41, 5.74) is 7.52. The summed E-state index contributed by atoms with van der Waals surface area (Å²) in [7, 11) is 0. The molecule has 20 heavy (non-hydrogen) atoms. The number of anilines is 1. The number of nitrogens with two attached hydrogens (primary N) is 1. The molecule has 0 fully saturated rings. The zero-order chi connectivity index (χ0) is 14.1. The molecule has 0 atom stereocenters. The molecule has 0 saturated carbocycles. The Morgan fingerprint density at radius 2 is 1.95 bits per heavy atom. The number of nitrogen functional groups attached to an aromatic ring is 1. The van der Waals surface area contributed by atoms with Gasteiger partial charge in [0.25, 0.3) is 0 Å². The third-order valence-corrected chi connectivity index (χ3v) is 3.85. The van der Waals surface area contributed by atoms with E-state index in [-0.39, 0.29) is 5.78 Å². The number of aromatic nitrogens is 1. The Morgan fingerprint density at radius 3 is 2.80 bits per heavy atom. The second-order valence-electron chi connectivity index (χ2n) is 4.47. The van der Waals surface area contributed by atoms with E-state index in [1.807, 2.05) is 24.3 Å². The Bertz CT molecular complexity index is 809. The number of fused-ring (bicyclic) bond motifs is 1. The van der Waals surface area contributed by atoms with Crippen LogP contribution < -0.4 is 5.73 Å². The number of halogens is 1. The molecule has 0 aliphatic carbocycles. The number of ketones is 1. The van der Waals surface area contributed by atoms with Crippen molar-refractivity contribution in [2.75, 3.05) is 5.73 Å². The van der Waals surface area contributed by atoms with Gasteiger partial charge in [-0.3, -0.25) is 9.78 Å². The van der Waals surface area contributed by atoms with Gasteiger partial charge in [-0.15, -0.1) is 0 Å². The van der Waals surface area contributed by atoms with E-state index >= 15 is 0 Å². The number of rotatable bonds is 2. The number of pyridine rings is 1. The van der Waals surface area contributed by atoms with E-state index in [2.05, 4.69) is 20.9 Å². The maximum atomic E-state index is 12.7. The average Bonchev–Trinajstić information content (AvgIpc) is 2.48. The molecule has 0 spiro atoms. The minimum Gasteiger partial charge on any atom is -0.399 e. The first-order chi connectivity index (χ1) is 9.66. The van der Waals surface area contributed by atoms with Crippen molar-refractivity contribution in [1.29, 1.82) is 0 Å². The van der Waals surface area contributed by atoms with Gasteiger partial charge in [0.1, 0.15) is 0 Å². The molecule has 0 saturated heterocycles. The first-order valence-electron chi connectivity index (χ1n) is 6.09. The zero-order valence-electron chi connectivity index (χ0n) is 10.5. The molecule has 3 nitrogen and oxygen atoms in total. The maximum absolute atomic E-state index is 12.7. The normalized spacial score (nSPS) is 10.7. The van der Waals surface area contributed by atoms with Crippen LogP contribution in [0.4, 0.5) is 5.69 Å². The topological polar surface area (TPSA) is 56.0 Å². The van der Waals surface area contributed by atoms with Gasteiger partial charge in [-0.1, -0.05) is 34.1 Å². The van der Waals surface area contributed by atoms with Crippen LogP contribution in [0, 0.1) is 0 Å². The summed E-state index contributed by atoms with van der Waals surface area (Å²) in [4.78, 5) is 16.8. The Kier molecular flexibility index (Phi) is 3.24. The van der Waals surface area contributed by atoms with Gasteiger partial charge in [0, 0.05) is 39.1 Å². The smallest absolute Gasteiger partial charge is 0.194 e. The van der Waals surface area contributed by atoms with Crippen LogP contribution in [0.1, 0.15) is 15.9 Å². The van der Waals surface area contributed by atoms with Crippen molar-refractivity contribution in [3.05, 3.63) is 70.5 Å². The van der Waals surface area contributed by atoms with Crippen molar-refractivity contribution in [2.45, 2.75) is 0 Å². The number of carbonyl (C=O) groups is 1. The van der Waals surface area contributed by atoms with Gasteiger partial charge in [0.15, 0.2) is 5.78 Å². The zero-order valence-corrected chi connectivity index (χ0v) is 12.1. The number of benzene rings is 2. The van der Waals surface area contributed by atoms with Gasteiger partial charge >= 0.3 is 0 Å². The number of carbonyl (C=O) groups excluding carboxylic acids is 1. The lowest BCUT2D eigenvalue weighted by Crippen LogP contribution is -2.04. The lowest BCUT2D eigenvalue weighted by atomic mass is 9.98. The van der Waals surface area contributed by atoms with Gasteiger partial charge in [0.05, 0.1) is 0 Å². The van der Waals surface area contributed by atoms with Gasteiger partial charge in [-0.25, -0.2) is 0 Å². The standard InChI is InChI=1S/C16H11BrN2O/c17-15-5-4-11(18)8-13(15)16(20)12-3-1-2-10-6-7-19-9-14(10)12/h1-9H,18H2. The van der Waals surface area contributed by atoms with E-state index in [1.165, 1.54) is 0 Å². The van der Waals surface area contributed by atoms with E-state index < -0.39 is 0 Å². The summed E-state index contributed by atoms with van der Waals surface area (Å²) < 4.78 is 0.734. The van der Waals surface area contributed by atoms with E-state index in [0.717, 1.165) is 15.2 Å². The molecule has 98 valence electrons. The first kappa shape index (κ1) is 12.8. The van der Waals surface area contributed by atoms with E-state index in [0.29, 0.717) is 16.8 Å². The fourth-order valence-corrected chi connectivity index (χ4v) is 2.60. The highest BCUT2D eigenvalue weighted by Crippen LogP contribution is 2.26. The SMILES string of the molecule is Nc1ccc(Br)c(C(=O)c2cccc3ccncc23)c1. The summed E-state index contributed by atoms with van der Waals surface area (Å²) in [6.07, 6.45) is 3.43. The van der Waals surface area contributed by atoms with Crippen LogP contribution in [0.25, 0.3) is 10.8 Å². The molecule has 3 aromatic rings.